The topological polar surface area (TPSA) is 94.1 Å². The third kappa shape index (κ3) is 4.98. The summed E-state index contributed by atoms with van der Waals surface area (Å²) in [5.74, 6) is 0.525. The van der Waals surface area contributed by atoms with Gasteiger partial charge in [-0.2, -0.15) is 0 Å². The van der Waals surface area contributed by atoms with Crippen LogP contribution in [0.15, 0.2) is 52.8 Å². The summed E-state index contributed by atoms with van der Waals surface area (Å²) in [5, 5.41) is 17.2. The normalized spacial score (nSPS) is 15.2. The van der Waals surface area contributed by atoms with Gasteiger partial charge in [0.2, 0.25) is 0 Å². The standard InChI is InChI=1S/C25H27N5O2S/c1-16-15-33-25(27-16)21-14-18-6-10-26-24(32)22(18)23(29-21)28-19-4-2-17(3-5-19)7-11-30-12-8-20(31)9-13-30/h2-6,10,14-15,20,31H,7-9,11-13H2,1H3,(H,26,32)(H,28,29). The highest BCUT2D eigenvalue weighted by Gasteiger charge is 2.16. The molecule has 0 spiro atoms. The van der Waals surface area contributed by atoms with Crippen molar-refractivity contribution in [3.05, 3.63) is 69.6 Å². The van der Waals surface area contributed by atoms with E-state index >= 15 is 0 Å². The molecule has 4 aromatic rings. The van der Waals surface area contributed by atoms with Gasteiger partial charge in [-0.05, 0) is 61.4 Å². The molecule has 3 N–H and O–H groups in total. The van der Waals surface area contributed by atoms with Crippen molar-refractivity contribution in [1.29, 1.82) is 0 Å². The van der Waals surface area contributed by atoms with Gasteiger partial charge in [0.1, 0.15) is 16.5 Å². The maximum Gasteiger partial charge on any atom is 0.259 e. The second-order valence-corrected chi connectivity index (χ2v) is 9.42. The average molecular weight is 462 g/mol. The number of hydrogen-bond donors (Lipinski definition) is 3. The molecule has 1 aromatic carbocycles. The Morgan fingerprint density at radius 1 is 1.18 bits per heavy atom. The highest BCUT2D eigenvalue weighted by atomic mass is 32.1. The molecule has 8 heteroatoms. The third-order valence-electron chi connectivity index (χ3n) is 6.08. The van der Waals surface area contributed by atoms with Crippen LogP contribution in [-0.2, 0) is 6.42 Å². The molecular weight excluding hydrogens is 434 g/mol. The Bertz CT molecular complexity index is 1310. The summed E-state index contributed by atoms with van der Waals surface area (Å²) in [5.41, 5.74) is 3.66. The van der Waals surface area contributed by atoms with Gasteiger partial charge in [-0.3, -0.25) is 4.79 Å². The Morgan fingerprint density at radius 2 is 1.97 bits per heavy atom. The Labute approximate surface area is 196 Å². The molecular formula is C25H27N5O2S. The van der Waals surface area contributed by atoms with Crippen LogP contribution in [0.25, 0.3) is 21.5 Å². The molecule has 33 heavy (non-hydrogen) atoms. The van der Waals surface area contributed by atoms with Crippen LogP contribution in [0.4, 0.5) is 11.5 Å². The maximum atomic E-state index is 12.6. The molecule has 3 aromatic heterocycles. The van der Waals surface area contributed by atoms with Crippen LogP contribution in [0.5, 0.6) is 0 Å². The van der Waals surface area contributed by atoms with Crippen molar-refractivity contribution in [1.82, 2.24) is 19.9 Å². The lowest BCUT2D eigenvalue weighted by atomic mass is 10.1. The Balaban J connectivity index is 1.36. The van der Waals surface area contributed by atoms with Crippen molar-refractivity contribution in [3.63, 3.8) is 0 Å². The van der Waals surface area contributed by atoms with Crippen LogP contribution in [0.3, 0.4) is 0 Å². The number of anilines is 2. The first-order valence-corrected chi connectivity index (χ1v) is 12.1. The van der Waals surface area contributed by atoms with Crippen LogP contribution < -0.4 is 10.9 Å². The molecule has 1 aliphatic heterocycles. The number of thiazole rings is 1. The van der Waals surface area contributed by atoms with E-state index in [1.807, 2.05) is 36.6 Å². The number of nitrogens with zero attached hydrogens (tertiary/aromatic N) is 3. The summed E-state index contributed by atoms with van der Waals surface area (Å²) in [6.45, 7) is 4.88. The molecule has 0 bridgehead atoms. The van der Waals surface area contributed by atoms with E-state index < -0.39 is 0 Å². The highest BCUT2D eigenvalue weighted by molar-refractivity contribution is 7.13. The predicted molar refractivity (Wildman–Crippen MR) is 133 cm³/mol. The summed E-state index contributed by atoms with van der Waals surface area (Å²) in [7, 11) is 0. The lowest BCUT2D eigenvalue weighted by molar-refractivity contribution is 0.0832. The van der Waals surface area contributed by atoms with Gasteiger partial charge in [0, 0.05) is 42.6 Å². The second kappa shape index (κ2) is 9.43. The van der Waals surface area contributed by atoms with E-state index in [2.05, 4.69) is 32.3 Å². The largest absolute Gasteiger partial charge is 0.393 e. The number of aromatic nitrogens is 3. The molecule has 0 radical (unpaired) electrons. The van der Waals surface area contributed by atoms with E-state index in [-0.39, 0.29) is 11.7 Å². The number of nitrogens with one attached hydrogen (secondary N) is 2. The number of fused-ring (bicyclic) bond motifs is 1. The van der Waals surface area contributed by atoms with Crippen LogP contribution >= 0.6 is 11.3 Å². The monoisotopic (exact) mass is 461 g/mol. The number of aromatic amines is 1. The van der Waals surface area contributed by atoms with Crippen molar-refractivity contribution in [2.75, 3.05) is 25.0 Å². The van der Waals surface area contributed by atoms with Crippen LogP contribution in [0, 0.1) is 6.92 Å². The van der Waals surface area contributed by atoms with Gasteiger partial charge < -0.3 is 20.3 Å². The number of likely N-dealkylation sites (tertiary alicyclic amines) is 1. The number of H-pyrrole nitrogens is 1. The van der Waals surface area contributed by atoms with E-state index in [9.17, 15) is 9.90 Å². The quantitative estimate of drug-likeness (QED) is 0.400. The van der Waals surface area contributed by atoms with Gasteiger partial charge in [-0.1, -0.05) is 12.1 Å². The SMILES string of the molecule is Cc1csc(-c2cc3cc[nH]c(=O)c3c(Nc3ccc(CCN4CCC(O)CC4)cc3)n2)n1. The Hall–Kier alpha value is -3.07. The first-order valence-electron chi connectivity index (χ1n) is 11.3. The summed E-state index contributed by atoms with van der Waals surface area (Å²) in [6.07, 6.45) is 4.21. The summed E-state index contributed by atoms with van der Waals surface area (Å²) >= 11 is 1.54. The number of aliphatic hydroxyl groups is 1. The summed E-state index contributed by atoms with van der Waals surface area (Å²) in [4.78, 5) is 27.1. The second-order valence-electron chi connectivity index (χ2n) is 8.57. The molecule has 0 aliphatic carbocycles. The zero-order valence-corrected chi connectivity index (χ0v) is 19.4. The number of aliphatic hydroxyl groups excluding tert-OH is 1. The fourth-order valence-corrected chi connectivity index (χ4v) is 4.96. The van der Waals surface area contributed by atoms with Crippen molar-refractivity contribution in [2.24, 2.45) is 0 Å². The first kappa shape index (κ1) is 21.8. The van der Waals surface area contributed by atoms with Crippen LogP contribution in [0.2, 0.25) is 0 Å². The smallest absolute Gasteiger partial charge is 0.259 e. The number of aryl methyl sites for hydroxylation is 1. The molecule has 7 nitrogen and oxygen atoms in total. The molecule has 5 rings (SSSR count). The van der Waals surface area contributed by atoms with E-state index in [4.69, 9.17) is 4.98 Å². The maximum absolute atomic E-state index is 12.6. The van der Waals surface area contributed by atoms with Crippen molar-refractivity contribution >= 4 is 33.6 Å². The van der Waals surface area contributed by atoms with Gasteiger partial charge >= 0.3 is 0 Å². The number of benzene rings is 1. The molecule has 0 saturated carbocycles. The number of piperidine rings is 1. The zero-order valence-electron chi connectivity index (χ0n) is 18.5. The fourth-order valence-electron chi connectivity index (χ4n) is 4.21. The van der Waals surface area contributed by atoms with E-state index in [1.165, 1.54) is 5.56 Å². The van der Waals surface area contributed by atoms with Gasteiger partial charge in [0.25, 0.3) is 5.56 Å². The highest BCUT2D eigenvalue weighted by Crippen LogP contribution is 2.29. The predicted octanol–water partition coefficient (Wildman–Crippen LogP) is 4.10. The zero-order chi connectivity index (χ0) is 22.8. The lowest BCUT2D eigenvalue weighted by Gasteiger charge is -2.29. The van der Waals surface area contributed by atoms with Gasteiger partial charge in [-0.15, -0.1) is 11.3 Å². The van der Waals surface area contributed by atoms with E-state index in [1.54, 1.807) is 17.5 Å². The molecule has 170 valence electrons. The van der Waals surface area contributed by atoms with Crippen molar-refractivity contribution in [3.8, 4) is 10.7 Å². The summed E-state index contributed by atoms with van der Waals surface area (Å²) < 4.78 is 0. The number of pyridine rings is 2. The van der Waals surface area contributed by atoms with Crippen LogP contribution in [0.1, 0.15) is 24.1 Å². The minimum absolute atomic E-state index is 0.137. The summed E-state index contributed by atoms with van der Waals surface area (Å²) in [6, 6.07) is 12.1. The minimum Gasteiger partial charge on any atom is -0.393 e. The van der Waals surface area contributed by atoms with Gasteiger partial charge in [0.05, 0.1) is 11.5 Å². The fraction of sp³-hybridized carbons (Fsp3) is 0.320. The minimum atomic E-state index is -0.173. The number of hydrogen-bond acceptors (Lipinski definition) is 7. The first-order chi connectivity index (χ1) is 16.0. The van der Waals surface area contributed by atoms with E-state index in [0.29, 0.717) is 11.2 Å². The lowest BCUT2D eigenvalue weighted by Crippen LogP contribution is -2.37. The third-order valence-corrected chi connectivity index (χ3v) is 7.07. The molecule has 0 atom stereocenters. The molecule has 4 heterocycles. The van der Waals surface area contributed by atoms with Crippen molar-refractivity contribution in [2.45, 2.75) is 32.3 Å². The number of rotatable bonds is 6. The molecule has 1 aliphatic rings. The van der Waals surface area contributed by atoms with Gasteiger partial charge in [-0.25, -0.2) is 9.97 Å². The van der Waals surface area contributed by atoms with Gasteiger partial charge in [0.15, 0.2) is 0 Å². The van der Waals surface area contributed by atoms with Crippen LogP contribution in [-0.4, -0.2) is 50.7 Å². The molecule has 0 unspecified atom stereocenters. The average Bonchev–Trinajstić information content (AvgIpc) is 3.26. The Morgan fingerprint density at radius 3 is 2.70 bits per heavy atom. The Kier molecular flexibility index (Phi) is 6.22. The molecule has 1 saturated heterocycles. The van der Waals surface area contributed by atoms with E-state index in [0.717, 1.165) is 66.4 Å². The molecule has 1 fully saturated rings. The molecule has 0 amide bonds. The van der Waals surface area contributed by atoms with Crippen molar-refractivity contribution < 1.29 is 5.11 Å².